The molecule has 0 aromatic heterocycles. The number of likely N-dealkylation sites (N-methyl/N-ethyl adjacent to an activating group) is 1. The molecule has 1 N–H and O–H groups in total. The molecule has 1 aliphatic heterocycles. The van der Waals surface area contributed by atoms with E-state index in [0.29, 0.717) is 5.92 Å². The minimum atomic E-state index is -0.0593. The van der Waals surface area contributed by atoms with Gasteiger partial charge in [-0.1, -0.05) is 6.92 Å². The molecule has 0 aliphatic carbocycles. The molecule has 0 aromatic rings. The van der Waals surface area contributed by atoms with Crippen molar-refractivity contribution in [2.24, 2.45) is 5.92 Å². The van der Waals surface area contributed by atoms with Crippen LogP contribution < -0.4 is 5.32 Å². The van der Waals surface area contributed by atoms with E-state index in [0.717, 1.165) is 19.4 Å². The normalized spacial score (nSPS) is 29.1. The summed E-state index contributed by atoms with van der Waals surface area (Å²) in [7, 11) is 1.88. The van der Waals surface area contributed by atoms with Crippen molar-refractivity contribution in [1.82, 2.24) is 10.2 Å². The highest BCUT2D eigenvalue weighted by molar-refractivity contribution is 5.83. The summed E-state index contributed by atoms with van der Waals surface area (Å²) in [6.07, 6.45) is 2.24. The SMILES string of the molecule is CNC1C(=O)N(C(C)(C)C)CCCC1C. The van der Waals surface area contributed by atoms with Gasteiger partial charge in [-0.3, -0.25) is 4.79 Å². The largest absolute Gasteiger partial charge is 0.336 e. The van der Waals surface area contributed by atoms with E-state index in [-0.39, 0.29) is 17.5 Å². The van der Waals surface area contributed by atoms with E-state index in [1.807, 2.05) is 11.9 Å². The summed E-state index contributed by atoms with van der Waals surface area (Å²) < 4.78 is 0. The molecule has 2 unspecified atom stereocenters. The van der Waals surface area contributed by atoms with Gasteiger partial charge in [0.15, 0.2) is 0 Å². The molecule has 3 nitrogen and oxygen atoms in total. The zero-order valence-corrected chi connectivity index (χ0v) is 10.6. The van der Waals surface area contributed by atoms with E-state index >= 15 is 0 Å². The fraction of sp³-hybridized carbons (Fsp3) is 0.917. The molecule has 3 heteroatoms. The van der Waals surface area contributed by atoms with Crippen molar-refractivity contribution in [1.29, 1.82) is 0 Å². The maximum Gasteiger partial charge on any atom is 0.240 e. The van der Waals surface area contributed by atoms with Gasteiger partial charge >= 0.3 is 0 Å². The Morgan fingerprint density at radius 1 is 1.40 bits per heavy atom. The molecule has 0 bridgehead atoms. The van der Waals surface area contributed by atoms with E-state index in [1.165, 1.54) is 0 Å². The number of carbonyl (C=O) groups is 1. The monoisotopic (exact) mass is 212 g/mol. The highest BCUT2D eigenvalue weighted by atomic mass is 16.2. The van der Waals surface area contributed by atoms with Crippen LogP contribution in [-0.2, 0) is 4.79 Å². The quantitative estimate of drug-likeness (QED) is 0.716. The lowest BCUT2D eigenvalue weighted by atomic mass is 9.97. The number of nitrogens with zero attached hydrogens (tertiary/aromatic N) is 1. The van der Waals surface area contributed by atoms with Gasteiger partial charge in [0, 0.05) is 12.1 Å². The molecule has 1 saturated heterocycles. The zero-order valence-electron chi connectivity index (χ0n) is 10.6. The summed E-state index contributed by atoms with van der Waals surface area (Å²) in [6, 6.07) is -0.00766. The Hall–Kier alpha value is -0.570. The molecule has 1 amide bonds. The lowest BCUT2D eigenvalue weighted by Crippen LogP contribution is -2.53. The van der Waals surface area contributed by atoms with Crippen molar-refractivity contribution in [3.8, 4) is 0 Å². The summed E-state index contributed by atoms with van der Waals surface area (Å²) in [5.41, 5.74) is -0.0593. The van der Waals surface area contributed by atoms with Crippen LogP contribution in [0.3, 0.4) is 0 Å². The van der Waals surface area contributed by atoms with Gasteiger partial charge in [0.1, 0.15) is 0 Å². The first-order valence-electron chi connectivity index (χ1n) is 5.86. The second-order valence-electron chi connectivity index (χ2n) is 5.55. The molecule has 1 fully saturated rings. The summed E-state index contributed by atoms with van der Waals surface area (Å²) in [5.74, 6) is 0.699. The highest BCUT2D eigenvalue weighted by Gasteiger charge is 2.35. The van der Waals surface area contributed by atoms with Crippen LogP contribution in [0.25, 0.3) is 0 Å². The van der Waals surface area contributed by atoms with Crippen molar-refractivity contribution >= 4 is 5.91 Å². The van der Waals surface area contributed by atoms with Crippen LogP contribution in [-0.4, -0.2) is 36.0 Å². The third-order valence-electron chi connectivity index (χ3n) is 3.26. The van der Waals surface area contributed by atoms with Crippen LogP contribution in [0.15, 0.2) is 0 Å². The molecule has 88 valence electrons. The van der Waals surface area contributed by atoms with Crippen LogP contribution in [0.2, 0.25) is 0 Å². The molecular formula is C12H24N2O. The summed E-state index contributed by atoms with van der Waals surface area (Å²) in [6.45, 7) is 9.37. The van der Waals surface area contributed by atoms with Crippen LogP contribution in [0, 0.1) is 5.92 Å². The minimum Gasteiger partial charge on any atom is -0.336 e. The first kappa shape index (κ1) is 12.5. The molecule has 2 atom stereocenters. The fourth-order valence-corrected chi connectivity index (χ4v) is 2.33. The molecule has 1 rings (SSSR count). The first-order chi connectivity index (χ1) is 6.88. The molecule has 0 aromatic carbocycles. The Kier molecular flexibility index (Phi) is 3.77. The molecule has 1 heterocycles. The molecule has 15 heavy (non-hydrogen) atoms. The molecule has 0 saturated carbocycles. The summed E-state index contributed by atoms with van der Waals surface area (Å²) in [4.78, 5) is 14.3. The summed E-state index contributed by atoms with van der Waals surface area (Å²) >= 11 is 0. The Morgan fingerprint density at radius 3 is 2.47 bits per heavy atom. The Bertz CT molecular complexity index is 232. The molecule has 0 spiro atoms. The summed E-state index contributed by atoms with van der Waals surface area (Å²) in [5, 5.41) is 3.15. The Balaban J connectivity index is 2.88. The number of rotatable bonds is 1. The van der Waals surface area contributed by atoms with Gasteiger partial charge in [0.2, 0.25) is 5.91 Å². The number of hydrogen-bond acceptors (Lipinski definition) is 2. The average molecular weight is 212 g/mol. The lowest BCUT2D eigenvalue weighted by Gasteiger charge is -2.37. The van der Waals surface area contributed by atoms with Crippen molar-refractivity contribution < 1.29 is 4.79 Å². The predicted molar refractivity (Wildman–Crippen MR) is 62.7 cm³/mol. The van der Waals surface area contributed by atoms with E-state index in [4.69, 9.17) is 0 Å². The molecular weight excluding hydrogens is 188 g/mol. The average Bonchev–Trinajstić information content (AvgIpc) is 2.23. The lowest BCUT2D eigenvalue weighted by molar-refractivity contribution is -0.138. The Labute approximate surface area is 93.2 Å². The topological polar surface area (TPSA) is 32.3 Å². The van der Waals surface area contributed by atoms with Gasteiger partial charge < -0.3 is 10.2 Å². The van der Waals surface area contributed by atoms with Gasteiger partial charge in [-0.15, -0.1) is 0 Å². The molecule has 0 radical (unpaired) electrons. The number of amides is 1. The first-order valence-corrected chi connectivity index (χ1v) is 5.86. The van der Waals surface area contributed by atoms with Crippen LogP contribution >= 0.6 is 0 Å². The van der Waals surface area contributed by atoms with E-state index < -0.39 is 0 Å². The van der Waals surface area contributed by atoms with E-state index in [1.54, 1.807) is 0 Å². The standard InChI is InChI=1S/C12H24N2O/c1-9-7-6-8-14(12(2,3)4)11(15)10(9)13-5/h9-10,13H,6-8H2,1-5H3. The number of likely N-dealkylation sites (tertiary alicyclic amines) is 1. The van der Waals surface area contributed by atoms with Gasteiger partial charge in [-0.25, -0.2) is 0 Å². The van der Waals surface area contributed by atoms with Gasteiger partial charge in [0.05, 0.1) is 6.04 Å². The van der Waals surface area contributed by atoms with Crippen LogP contribution in [0.1, 0.15) is 40.5 Å². The number of nitrogens with one attached hydrogen (secondary N) is 1. The number of hydrogen-bond donors (Lipinski definition) is 1. The molecule has 1 aliphatic rings. The van der Waals surface area contributed by atoms with Crippen molar-refractivity contribution in [2.75, 3.05) is 13.6 Å². The Morgan fingerprint density at radius 2 is 2.00 bits per heavy atom. The smallest absolute Gasteiger partial charge is 0.240 e. The number of carbonyl (C=O) groups excluding carboxylic acids is 1. The predicted octanol–water partition coefficient (Wildman–Crippen LogP) is 1.63. The second kappa shape index (κ2) is 4.52. The van der Waals surface area contributed by atoms with Crippen LogP contribution in [0.4, 0.5) is 0 Å². The van der Waals surface area contributed by atoms with Gasteiger partial charge in [0.25, 0.3) is 0 Å². The second-order valence-corrected chi connectivity index (χ2v) is 5.55. The third-order valence-corrected chi connectivity index (χ3v) is 3.26. The minimum absolute atomic E-state index is 0.00766. The third kappa shape index (κ3) is 2.71. The van der Waals surface area contributed by atoms with Crippen molar-refractivity contribution in [2.45, 2.75) is 52.1 Å². The zero-order chi connectivity index (χ0) is 11.6. The van der Waals surface area contributed by atoms with Gasteiger partial charge in [-0.2, -0.15) is 0 Å². The van der Waals surface area contributed by atoms with E-state index in [9.17, 15) is 4.79 Å². The van der Waals surface area contributed by atoms with Crippen molar-refractivity contribution in [3.63, 3.8) is 0 Å². The van der Waals surface area contributed by atoms with Crippen LogP contribution in [0.5, 0.6) is 0 Å². The maximum atomic E-state index is 12.3. The van der Waals surface area contributed by atoms with Gasteiger partial charge in [-0.05, 0) is 46.6 Å². The maximum absolute atomic E-state index is 12.3. The fourth-order valence-electron chi connectivity index (χ4n) is 2.33. The highest BCUT2D eigenvalue weighted by Crippen LogP contribution is 2.24. The van der Waals surface area contributed by atoms with Crippen molar-refractivity contribution in [3.05, 3.63) is 0 Å². The van der Waals surface area contributed by atoms with E-state index in [2.05, 4.69) is 33.0 Å².